The molecule has 0 N–H and O–H groups in total. The van der Waals surface area contributed by atoms with E-state index in [9.17, 15) is 13.2 Å². The van der Waals surface area contributed by atoms with Crippen LogP contribution >= 0.6 is 0 Å². The van der Waals surface area contributed by atoms with E-state index in [0.717, 1.165) is 36.3 Å². The highest BCUT2D eigenvalue weighted by molar-refractivity contribution is 5.19. The summed E-state index contributed by atoms with van der Waals surface area (Å²) in [6.07, 6.45) is 16.6. The summed E-state index contributed by atoms with van der Waals surface area (Å²) in [5.41, 5.74) is 0.575. The minimum atomic E-state index is -1.36. The highest BCUT2D eigenvalue weighted by Gasteiger charge is 2.30. The maximum absolute atomic E-state index is 13.3. The van der Waals surface area contributed by atoms with E-state index in [0.29, 0.717) is 17.9 Å². The van der Waals surface area contributed by atoms with Crippen LogP contribution in [0.4, 0.5) is 13.2 Å². The van der Waals surface area contributed by atoms with E-state index in [1.165, 1.54) is 51.4 Å². The minimum Gasteiger partial charge on any atom is -0.204 e. The van der Waals surface area contributed by atoms with Crippen molar-refractivity contribution in [3.63, 3.8) is 0 Å². The fourth-order valence-corrected chi connectivity index (χ4v) is 5.15. The fourth-order valence-electron chi connectivity index (χ4n) is 5.15. The lowest BCUT2D eigenvalue weighted by Gasteiger charge is -2.37. The van der Waals surface area contributed by atoms with Gasteiger partial charge in [0.2, 0.25) is 0 Å². The largest absolute Gasteiger partial charge is 0.204 e. The van der Waals surface area contributed by atoms with Gasteiger partial charge in [-0.25, -0.2) is 13.2 Å². The first kappa shape index (κ1) is 19.5. The summed E-state index contributed by atoms with van der Waals surface area (Å²) in [4.78, 5) is 0. The zero-order valence-electron chi connectivity index (χ0n) is 15.8. The van der Waals surface area contributed by atoms with Crippen molar-refractivity contribution in [3.05, 3.63) is 47.3 Å². The molecule has 0 radical (unpaired) electrons. The van der Waals surface area contributed by atoms with E-state index in [4.69, 9.17) is 0 Å². The first-order valence-electron chi connectivity index (χ1n) is 10.3. The Balaban J connectivity index is 1.42. The molecule has 144 valence electrons. The Bertz CT molecular complexity index is 583. The maximum atomic E-state index is 13.3. The van der Waals surface area contributed by atoms with Crippen LogP contribution in [0.1, 0.15) is 70.3 Å². The molecule has 2 saturated carbocycles. The Labute approximate surface area is 155 Å². The number of hydrogen-bond donors (Lipinski definition) is 0. The van der Waals surface area contributed by atoms with Crippen LogP contribution in [0.5, 0.6) is 0 Å². The van der Waals surface area contributed by atoms with Gasteiger partial charge in [0.05, 0.1) is 0 Å². The predicted molar refractivity (Wildman–Crippen MR) is 100 cm³/mol. The molecule has 3 rings (SSSR count). The zero-order valence-corrected chi connectivity index (χ0v) is 15.8. The van der Waals surface area contributed by atoms with Crippen molar-refractivity contribution in [2.24, 2.45) is 23.7 Å². The van der Waals surface area contributed by atoms with Crippen molar-refractivity contribution in [2.45, 2.75) is 71.1 Å². The third-order valence-corrected chi connectivity index (χ3v) is 6.72. The molecule has 0 aliphatic heterocycles. The molecule has 2 aliphatic carbocycles. The van der Waals surface area contributed by atoms with Gasteiger partial charge in [-0.2, -0.15) is 0 Å². The SMILES string of the molecule is CC=CC1CCC(C2CCC(CCc3cc(F)c(F)c(F)c3)CC2)CC1. The Morgan fingerprint density at radius 3 is 1.92 bits per heavy atom. The van der Waals surface area contributed by atoms with Crippen molar-refractivity contribution in [3.8, 4) is 0 Å². The molecule has 0 saturated heterocycles. The van der Waals surface area contributed by atoms with Gasteiger partial charge in [-0.15, -0.1) is 0 Å². The van der Waals surface area contributed by atoms with E-state index < -0.39 is 17.5 Å². The smallest absolute Gasteiger partial charge is 0.194 e. The van der Waals surface area contributed by atoms with Gasteiger partial charge in [0.1, 0.15) is 0 Å². The van der Waals surface area contributed by atoms with Crippen LogP contribution in [0.25, 0.3) is 0 Å². The third-order valence-electron chi connectivity index (χ3n) is 6.72. The molecule has 0 aromatic heterocycles. The van der Waals surface area contributed by atoms with Gasteiger partial charge < -0.3 is 0 Å². The minimum absolute atomic E-state index is 0.575. The monoisotopic (exact) mass is 364 g/mol. The fraction of sp³-hybridized carbons (Fsp3) is 0.652. The summed E-state index contributed by atoms with van der Waals surface area (Å²) in [7, 11) is 0. The summed E-state index contributed by atoms with van der Waals surface area (Å²) in [5.74, 6) is -0.296. The predicted octanol–water partition coefficient (Wildman–Crippen LogP) is 7.23. The molecule has 0 amide bonds. The summed E-state index contributed by atoms with van der Waals surface area (Å²) in [5, 5.41) is 0. The Morgan fingerprint density at radius 1 is 0.846 bits per heavy atom. The lowest BCUT2D eigenvalue weighted by molar-refractivity contribution is 0.152. The van der Waals surface area contributed by atoms with Crippen LogP contribution in [-0.4, -0.2) is 0 Å². The molecule has 1 aromatic carbocycles. The zero-order chi connectivity index (χ0) is 18.5. The second kappa shape index (κ2) is 9.10. The van der Waals surface area contributed by atoms with Gasteiger partial charge in [-0.3, -0.25) is 0 Å². The van der Waals surface area contributed by atoms with Crippen molar-refractivity contribution in [1.29, 1.82) is 0 Å². The molecule has 0 unspecified atom stereocenters. The average Bonchev–Trinajstić information content (AvgIpc) is 2.66. The standard InChI is InChI=1S/C23H31F3/c1-2-3-16-6-10-19(11-7-16)20-12-8-17(9-13-20)4-5-18-14-21(24)23(26)22(25)15-18/h2-3,14-17,19-20H,4-13H2,1H3. The molecular weight excluding hydrogens is 333 g/mol. The lowest BCUT2D eigenvalue weighted by Crippen LogP contribution is -2.25. The van der Waals surface area contributed by atoms with E-state index in [1.807, 2.05) is 0 Å². The molecule has 26 heavy (non-hydrogen) atoms. The van der Waals surface area contributed by atoms with Gasteiger partial charge in [0, 0.05) is 0 Å². The summed E-state index contributed by atoms with van der Waals surface area (Å²) < 4.78 is 39.7. The topological polar surface area (TPSA) is 0 Å². The normalized spacial score (nSPS) is 30.0. The van der Waals surface area contributed by atoms with E-state index in [1.54, 1.807) is 0 Å². The molecular formula is C23H31F3. The van der Waals surface area contributed by atoms with Crippen molar-refractivity contribution in [1.82, 2.24) is 0 Å². The number of benzene rings is 1. The molecule has 0 nitrogen and oxygen atoms in total. The van der Waals surface area contributed by atoms with E-state index >= 15 is 0 Å². The summed E-state index contributed by atoms with van der Waals surface area (Å²) >= 11 is 0. The highest BCUT2D eigenvalue weighted by atomic mass is 19.2. The Hall–Kier alpha value is -1.25. The quantitative estimate of drug-likeness (QED) is 0.382. The van der Waals surface area contributed by atoms with Gasteiger partial charge in [0.15, 0.2) is 17.5 Å². The second-order valence-electron chi connectivity index (χ2n) is 8.39. The van der Waals surface area contributed by atoms with Gasteiger partial charge in [-0.05, 0) is 99.7 Å². The molecule has 3 heteroatoms. The van der Waals surface area contributed by atoms with Crippen molar-refractivity contribution < 1.29 is 13.2 Å². The molecule has 1 aromatic rings. The second-order valence-corrected chi connectivity index (χ2v) is 8.39. The maximum Gasteiger partial charge on any atom is 0.194 e. The van der Waals surface area contributed by atoms with Crippen LogP contribution < -0.4 is 0 Å². The average molecular weight is 364 g/mol. The first-order valence-corrected chi connectivity index (χ1v) is 10.3. The van der Waals surface area contributed by atoms with Crippen LogP contribution in [0.3, 0.4) is 0 Å². The highest BCUT2D eigenvalue weighted by Crippen LogP contribution is 2.42. The van der Waals surface area contributed by atoms with Crippen molar-refractivity contribution in [2.75, 3.05) is 0 Å². The lowest BCUT2D eigenvalue weighted by atomic mass is 9.68. The van der Waals surface area contributed by atoms with Gasteiger partial charge >= 0.3 is 0 Å². The molecule has 0 atom stereocenters. The number of rotatable bonds is 5. The molecule has 0 spiro atoms. The van der Waals surface area contributed by atoms with E-state index in [2.05, 4.69) is 19.1 Å². The van der Waals surface area contributed by atoms with Crippen LogP contribution in [0, 0.1) is 41.1 Å². The van der Waals surface area contributed by atoms with Crippen LogP contribution in [-0.2, 0) is 6.42 Å². The number of halogens is 3. The molecule has 2 aliphatic rings. The molecule has 0 heterocycles. The Morgan fingerprint density at radius 2 is 1.38 bits per heavy atom. The van der Waals surface area contributed by atoms with Crippen molar-refractivity contribution >= 4 is 0 Å². The number of allylic oxidation sites excluding steroid dienone is 2. The molecule has 0 bridgehead atoms. The Kier molecular flexibility index (Phi) is 6.83. The van der Waals surface area contributed by atoms with Gasteiger partial charge in [-0.1, -0.05) is 25.0 Å². The third kappa shape index (κ3) is 4.92. The van der Waals surface area contributed by atoms with Crippen LogP contribution in [0.15, 0.2) is 24.3 Å². The first-order chi connectivity index (χ1) is 12.6. The van der Waals surface area contributed by atoms with Crippen LogP contribution in [0.2, 0.25) is 0 Å². The summed E-state index contributed by atoms with van der Waals surface area (Å²) in [6, 6.07) is 2.29. The summed E-state index contributed by atoms with van der Waals surface area (Å²) in [6.45, 7) is 2.11. The van der Waals surface area contributed by atoms with Gasteiger partial charge in [0.25, 0.3) is 0 Å². The number of aryl methyl sites for hydroxylation is 1. The number of hydrogen-bond acceptors (Lipinski definition) is 0. The molecule has 2 fully saturated rings. The van der Waals surface area contributed by atoms with E-state index in [-0.39, 0.29) is 0 Å².